The quantitative estimate of drug-likeness (QED) is 0.468. The number of fused-ring (bicyclic) bond motifs is 1. The van der Waals surface area contributed by atoms with Gasteiger partial charge in [0.05, 0.1) is 27.2 Å². The zero-order valence-electron chi connectivity index (χ0n) is 17.7. The van der Waals surface area contributed by atoms with Crippen LogP contribution in [0.3, 0.4) is 0 Å². The van der Waals surface area contributed by atoms with Gasteiger partial charge in [0.2, 0.25) is 10.0 Å². The smallest absolute Gasteiger partial charge is 0.325 e. The molecule has 0 unspecified atom stereocenters. The van der Waals surface area contributed by atoms with Gasteiger partial charge < -0.3 is 9.30 Å². The molecule has 32 heavy (non-hydrogen) atoms. The Morgan fingerprint density at radius 1 is 1.12 bits per heavy atom. The highest BCUT2D eigenvalue weighted by molar-refractivity contribution is 7.89. The number of nitrogens with zero attached hydrogens (tertiary/aromatic N) is 3. The first-order valence-corrected chi connectivity index (χ1v) is 12.4. The first kappa shape index (κ1) is 24.1. The maximum Gasteiger partial charge on any atom is 0.325 e. The van der Waals surface area contributed by atoms with E-state index in [1.165, 1.54) is 51.6 Å². The summed E-state index contributed by atoms with van der Waals surface area (Å²) in [5.74, 6) is -1.08. The Morgan fingerprint density at radius 2 is 1.78 bits per heavy atom. The zero-order chi connectivity index (χ0) is 23.5. The molecule has 0 bridgehead atoms. The lowest BCUT2D eigenvalue weighted by molar-refractivity contribution is -0.141. The SMILES string of the molecule is CCN(CC)S(=O)(=O)c1ccc(C(=O)N=c2sc3cccc(Cl)c3n2CC(=O)OC)cc1. The second-order valence-corrected chi connectivity index (χ2v) is 10.0. The van der Waals surface area contributed by atoms with E-state index < -0.39 is 21.9 Å². The third kappa shape index (κ3) is 4.78. The first-order chi connectivity index (χ1) is 15.2. The summed E-state index contributed by atoms with van der Waals surface area (Å²) in [5, 5.41) is 0.419. The molecule has 1 heterocycles. The number of hydrogen-bond donors (Lipinski definition) is 0. The van der Waals surface area contributed by atoms with E-state index in [2.05, 4.69) is 4.99 Å². The highest BCUT2D eigenvalue weighted by atomic mass is 35.5. The van der Waals surface area contributed by atoms with Gasteiger partial charge in [-0.05, 0) is 36.4 Å². The van der Waals surface area contributed by atoms with Gasteiger partial charge in [0, 0.05) is 18.7 Å². The molecule has 0 aliphatic carbocycles. The number of para-hydroxylation sites is 1. The van der Waals surface area contributed by atoms with Crippen molar-refractivity contribution < 1.29 is 22.7 Å². The Bertz CT molecular complexity index is 1320. The van der Waals surface area contributed by atoms with Crippen molar-refractivity contribution in [1.29, 1.82) is 0 Å². The number of aromatic nitrogens is 1. The molecule has 8 nitrogen and oxygen atoms in total. The van der Waals surface area contributed by atoms with Crippen molar-refractivity contribution in [2.75, 3.05) is 20.2 Å². The molecule has 0 radical (unpaired) electrons. The molecule has 0 spiro atoms. The highest BCUT2D eigenvalue weighted by Crippen LogP contribution is 2.25. The van der Waals surface area contributed by atoms with Gasteiger partial charge in [-0.3, -0.25) is 9.59 Å². The summed E-state index contributed by atoms with van der Waals surface area (Å²) < 4.78 is 33.6. The fourth-order valence-electron chi connectivity index (χ4n) is 3.15. The van der Waals surface area contributed by atoms with Crippen molar-refractivity contribution in [2.45, 2.75) is 25.3 Å². The zero-order valence-corrected chi connectivity index (χ0v) is 20.1. The summed E-state index contributed by atoms with van der Waals surface area (Å²) in [6.07, 6.45) is 0. The number of carbonyl (C=O) groups excluding carboxylic acids is 2. The maximum absolute atomic E-state index is 12.8. The molecule has 3 aromatic rings. The number of carbonyl (C=O) groups is 2. The standard InChI is InChI=1S/C21H22ClN3O5S2/c1-4-24(5-2)32(28,29)15-11-9-14(10-12-15)20(27)23-21-25(13-18(26)30-3)19-16(22)7-6-8-17(19)31-21/h6-12H,4-5,13H2,1-3H3. The van der Waals surface area contributed by atoms with Crippen molar-refractivity contribution >= 4 is 55.1 Å². The van der Waals surface area contributed by atoms with Crippen LogP contribution in [0.5, 0.6) is 0 Å². The van der Waals surface area contributed by atoms with Crippen LogP contribution in [0.15, 0.2) is 52.4 Å². The predicted molar refractivity (Wildman–Crippen MR) is 123 cm³/mol. The molecule has 0 atom stereocenters. The van der Waals surface area contributed by atoms with Crippen LogP contribution in [0.1, 0.15) is 24.2 Å². The van der Waals surface area contributed by atoms with Crippen molar-refractivity contribution in [3.05, 3.63) is 57.9 Å². The summed E-state index contributed by atoms with van der Waals surface area (Å²) in [7, 11) is -2.35. The Labute approximate surface area is 194 Å². The molecule has 0 saturated carbocycles. The van der Waals surface area contributed by atoms with Gasteiger partial charge in [-0.1, -0.05) is 42.9 Å². The Balaban J connectivity index is 2.02. The number of benzene rings is 2. The molecule has 1 aromatic heterocycles. The van der Waals surface area contributed by atoms with E-state index in [9.17, 15) is 18.0 Å². The van der Waals surface area contributed by atoms with Crippen molar-refractivity contribution in [2.24, 2.45) is 4.99 Å². The average molecular weight is 496 g/mol. The van der Waals surface area contributed by atoms with E-state index in [1.54, 1.807) is 26.0 Å². The second kappa shape index (κ2) is 9.95. The second-order valence-electron chi connectivity index (χ2n) is 6.66. The number of hydrogen-bond acceptors (Lipinski definition) is 6. The average Bonchev–Trinajstić information content (AvgIpc) is 3.12. The molecular formula is C21H22ClN3O5S2. The van der Waals surface area contributed by atoms with E-state index in [4.69, 9.17) is 16.3 Å². The molecule has 11 heteroatoms. The van der Waals surface area contributed by atoms with Crippen molar-refractivity contribution in [3.63, 3.8) is 0 Å². The van der Waals surface area contributed by atoms with Crippen LogP contribution in [-0.2, 0) is 26.1 Å². The monoisotopic (exact) mass is 495 g/mol. The fourth-order valence-corrected chi connectivity index (χ4v) is 5.99. The van der Waals surface area contributed by atoms with Crippen LogP contribution >= 0.6 is 22.9 Å². The molecular weight excluding hydrogens is 474 g/mol. The van der Waals surface area contributed by atoms with Crippen molar-refractivity contribution in [3.8, 4) is 0 Å². The van der Waals surface area contributed by atoms with Gasteiger partial charge >= 0.3 is 5.97 Å². The van der Waals surface area contributed by atoms with Gasteiger partial charge in [0.25, 0.3) is 5.91 Å². The van der Waals surface area contributed by atoms with E-state index in [0.717, 1.165) is 4.70 Å². The van der Waals surface area contributed by atoms with Gasteiger partial charge in [-0.2, -0.15) is 9.30 Å². The van der Waals surface area contributed by atoms with Crippen LogP contribution < -0.4 is 4.80 Å². The fraction of sp³-hybridized carbons (Fsp3) is 0.286. The van der Waals surface area contributed by atoms with Crippen molar-refractivity contribution in [1.82, 2.24) is 8.87 Å². The van der Waals surface area contributed by atoms with Gasteiger partial charge in [0.15, 0.2) is 4.80 Å². The lowest BCUT2D eigenvalue weighted by Crippen LogP contribution is -2.30. The number of rotatable bonds is 7. The Kier molecular flexibility index (Phi) is 7.50. The minimum atomic E-state index is -3.62. The van der Waals surface area contributed by atoms with Gasteiger partial charge in [-0.15, -0.1) is 0 Å². The third-order valence-electron chi connectivity index (χ3n) is 4.81. The van der Waals surface area contributed by atoms with E-state index in [1.807, 2.05) is 6.07 Å². The van der Waals surface area contributed by atoms with E-state index >= 15 is 0 Å². The molecule has 170 valence electrons. The normalized spacial score (nSPS) is 12.5. The molecule has 0 saturated heterocycles. The Morgan fingerprint density at radius 3 is 2.38 bits per heavy atom. The largest absolute Gasteiger partial charge is 0.468 e. The minimum absolute atomic E-state index is 0.104. The molecule has 0 aliphatic rings. The molecule has 1 amide bonds. The molecule has 0 N–H and O–H groups in total. The number of esters is 1. The summed E-state index contributed by atoms with van der Waals surface area (Å²) >= 11 is 7.52. The van der Waals surface area contributed by atoms with Crippen LogP contribution in [0.2, 0.25) is 5.02 Å². The van der Waals surface area contributed by atoms with Crippen LogP contribution in [0.25, 0.3) is 10.2 Å². The number of ether oxygens (including phenoxy) is 1. The minimum Gasteiger partial charge on any atom is -0.468 e. The molecule has 0 aliphatic heterocycles. The summed E-state index contributed by atoms with van der Waals surface area (Å²) in [5.41, 5.74) is 0.799. The Hall–Kier alpha value is -2.53. The number of halogens is 1. The van der Waals surface area contributed by atoms with Crippen LogP contribution in [0.4, 0.5) is 0 Å². The molecule has 2 aromatic carbocycles. The van der Waals surface area contributed by atoms with Gasteiger partial charge in [0.1, 0.15) is 6.54 Å². The van der Waals surface area contributed by atoms with E-state index in [-0.39, 0.29) is 21.8 Å². The number of sulfonamides is 1. The number of amides is 1. The van der Waals surface area contributed by atoms with Crippen LogP contribution in [-0.4, -0.2) is 49.4 Å². The lowest BCUT2D eigenvalue weighted by atomic mass is 10.2. The molecule has 3 rings (SSSR count). The molecule has 0 fully saturated rings. The summed E-state index contributed by atoms with van der Waals surface area (Å²) in [6, 6.07) is 10.9. The lowest BCUT2D eigenvalue weighted by Gasteiger charge is -2.18. The first-order valence-electron chi connectivity index (χ1n) is 9.76. The van der Waals surface area contributed by atoms with E-state index in [0.29, 0.717) is 23.6 Å². The van der Waals surface area contributed by atoms with Crippen LogP contribution in [0, 0.1) is 0 Å². The summed E-state index contributed by atoms with van der Waals surface area (Å²) in [4.78, 5) is 29.3. The number of thiazole rings is 1. The highest BCUT2D eigenvalue weighted by Gasteiger charge is 2.22. The van der Waals surface area contributed by atoms with Gasteiger partial charge in [-0.25, -0.2) is 8.42 Å². The topological polar surface area (TPSA) is 98.0 Å². The summed E-state index contributed by atoms with van der Waals surface area (Å²) in [6.45, 7) is 4.07. The number of methoxy groups -OCH3 is 1. The maximum atomic E-state index is 12.8. The third-order valence-corrected chi connectivity index (χ3v) is 8.22. The predicted octanol–water partition coefficient (Wildman–Crippen LogP) is 3.30.